The summed E-state index contributed by atoms with van der Waals surface area (Å²) in [5, 5.41) is 2.97. The van der Waals surface area contributed by atoms with Crippen molar-refractivity contribution in [1.29, 1.82) is 0 Å². The summed E-state index contributed by atoms with van der Waals surface area (Å²) < 4.78 is 5.67. The highest BCUT2D eigenvalue weighted by Gasteiger charge is 2.28. The molecule has 3 atom stereocenters. The minimum atomic E-state index is -0.159. The molecule has 6 heteroatoms. The molecule has 0 aliphatic carbocycles. The van der Waals surface area contributed by atoms with Crippen molar-refractivity contribution in [2.45, 2.75) is 58.2 Å². The summed E-state index contributed by atoms with van der Waals surface area (Å²) in [6, 6.07) is 11.0. The monoisotopic (exact) mass is 395 g/mol. The third-order valence-corrected chi connectivity index (χ3v) is 5.51. The first kappa shape index (κ1) is 20.8. The summed E-state index contributed by atoms with van der Waals surface area (Å²) in [5.41, 5.74) is 1.54. The van der Waals surface area contributed by atoms with Crippen LogP contribution in [0, 0.1) is 0 Å². The zero-order valence-electron chi connectivity index (χ0n) is 17.3. The third-order valence-electron chi connectivity index (χ3n) is 5.51. The molecule has 2 amide bonds. The molecular formula is C23H29N3O3. The Morgan fingerprint density at radius 2 is 1.72 bits per heavy atom. The second-order valence-corrected chi connectivity index (χ2v) is 7.72. The van der Waals surface area contributed by atoms with Crippen molar-refractivity contribution < 1.29 is 14.3 Å². The third kappa shape index (κ3) is 5.34. The molecule has 0 saturated carbocycles. The number of carbonyl (C=O) groups excluding carboxylic acids is 2. The van der Waals surface area contributed by atoms with Crippen LogP contribution < -0.4 is 10.1 Å². The van der Waals surface area contributed by atoms with Gasteiger partial charge < -0.3 is 15.0 Å². The number of rotatable bonds is 6. The summed E-state index contributed by atoms with van der Waals surface area (Å²) in [4.78, 5) is 30.9. The van der Waals surface area contributed by atoms with E-state index in [2.05, 4.69) is 24.1 Å². The summed E-state index contributed by atoms with van der Waals surface area (Å²) in [6.07, 6.45) is 6.65. The lowest BCUT2D eigenvalue weighted by Crippen LogP contribution is -2.49. The van der Waals surface area contributed by atoms with Crippen LogP contribution in [0.2, 0.25) is 0 Å². The number of ether oxygens (including phenoxy) is 1. The molecule has 1 N–H and O–H groups in total. The Morgan fingerprint density at radius 1 is 1.10 bits per heavy atom. The highest BCUT2D eigenvalue weighted by Crippen LogP contribution is 2.23. The number of likely N-dealkylation sites (tertiary alicyclic amines) is 1. The molecule has 2 heterocycles. The van der Waals surface area contributed by atoms with Gasteiger partial charge in [0.1, 0.15) is 5.75 Å². The predicted molar refractivity (Wildman–Crippen MR) is 112 cm³/mol. The van der Waals surface area contributed by atoms with E-state index in [0.717, 1.165) is 24.8 Å². The van der Waals surface area contributed by atoms with E-state index < -0.39 is 0 Å². The van der Waals surface area contributed by atoms with E-state index >= 15 is 0 Å². The average molecular weight is 396 g/mol. The van der Waals surface area contributed by atoms with Gasteiger partial charge in [0.05, 0.1) is 6.04 Å². The van der Waals surface area contributed by atoms with Gasteiger partial charge in [-0.15, -0.1) is 0 Å². The molecule has 154 valence electrons. The molecule has 1 aromatic heterocycles. The van der Waals surface area contributed by atoms with Crippen LogP contribution in [0.4, 0.5) is 0 Å². The fourth-order valence-electron chi connectivity index (χ4n) is 3.85. The number of piperidine rings is 1. The van der Waals surface area contributed by atoms with Crippen LogP contribution in [0.1, 0.15) is 62.0 Å². The van der Waals surface area contributed by atoms with Gasteiger partial charge in [-0.1, -0.05) is 0 Å². The maximum Gasteiger partial charge on any atom is 0.260 e. The number of hydrogen-bond acceptors (Lipinski definition) is 4. The van der Waals surface area contributed by atoms with Crippen LogP contribution in [-0.2, 0) is 4.79 Å². The molecular weight excluding hydrogens is 366 g/mol. The van der Waals surface area contributed by atoms with Gasteiger partial charge in [0.15, 0.2) is 6.61 Å². The van der Waals surface area contributed by atoms with E-state index in [9.17, 15) is 9.59 Å². The average Bonchev–Trinajstić information content (AvgIpc) is 2.73. The second-order valence-electron chi connectivity index (χ2n) is 7.72. The van der Waals surface area contributed by atoms with Gasteiger partial charge in [-0.05, 0) is 82.0 Å². The molecule has 6 nitrogen and oxygen atoms in total. The molecule has 1 saturated heterocycles. The number of pyridine rings is 1. The van der Waals surface area contributed by atoms with Crippen molar-refractivity contribution in [2.75, 3.05) is 6.61 Å². The topological polar surface area (TPSA) is 71.5 Å². The smallest absolute Gasteiger partial charge is 0.260 e. The molecule has 3 rings (SSSR count). The van der Waals surface area contributed by atoms with E-state index in [4.69, 9.17) is 4.74 Å². The van der Waals surface area contributed by atoms with Crippen LogP contribution in [-0.4, -0.2) is 40.4 Å². The Labute approximate surface area is 172 Å². The number of nitrogens with one attached hydrogen (secondary N) is 1. The number of nitrogens with zero attached hydrogens (tertiary/aromatic N) is 2. The highest BCUT2D eigenvalue weighted by molar-refractivity contribution is 5.94. The van der Waals surface area contributed by atoms with Gasteiger partial charge in [0, 0.05) is 30.0 Å². The molecule has 1 aromatic carbocycles. The lowest BCUT2D eigenvalue weighted by atomic mass is 9.97. The molecule has 29 heavy (non-hydrogen) atoms. The SMILES string of the molecule is CC(NC(=O)c1ccc(OCC(=O)N2C(C)CCCC2C)cc1)c1ccncc1. The molecule has 1 aliphatic heterocycles. The fourth-order valence-corrected chi connectivity index (χ4v) is 3.85. The molecule has 3 unspecified atom stereocenters. The van der Waals surface area contributed by atoms with E-state index in [1.807, 2.05) is 24.0 Å². The zero-order chi connectivity index (χ0) is 20.8. The summed E-state index contributed by atoms with van der Waals surface area (Å²) >= 11 is 0. The highest BCUT2D eigenvalue weighted by atomic mass is 16.5. The van der Waals surface area contributed by atoms with E-state index in [-0.39, 0.29) is 36.5 Å². The Bertz CT molecular complexity index is 813. The quantitative estimate of drug-likeness (QED) is 0.809. The van der Waals surface area contributed by atoms with Gasteiger partial charge in [0.2, 0.25) is 0 Å². The standard InChI is InChI=1S/C23H29N3O3/c1-16-5-4-6-17(2)26(16)22(27)15-29-21-9-7-20(8-10-21)23(28)25-18(3)19-11-13-24-14-12-19/h7-14,16-18H,4-6,15H2,1-3H3,(H,25,28). The molecule has 1 fully saturated rings. The van der Waals surface area contributed by atoms with Crippen LogP contribution in [0.15, 0.2) is 48.8 Å². The lowest BCUT2D eigenvalue weighted by Gasteiger charge is -2.38. The van der Waals surface area contributed by atoms with Crippen molar-refractivity contribution in [3.05, 3.63) is 59.9 Å². The van der Waals surface area contributed by atoms with Crippen LogP contribution >= 0.6 is 0 Å². The van der Waals surface area contributed by atoms with E-state index in [0.29, 0.717) is 11.3 Å². The van der Waals surface area contributed by atoms with Gasteiger partial charge in [-0.3, -0.25) is 14.6 Å². The minimum absolute atomic E-state index is 0.0118. The first-order valence-corrected chi connectivity index (χ1v) is 10.2. The van der Waals surface area contributed by atoms with Crippen molar-refractivity contribution in [3.63, 3.8) is 0 Å². The van der Waals surface area contributed by atoms with E-state index in [1.165, 1.54) is 0 Å². The Kier molecular flexibility index (Phi) is 6.86. The predicted octanol–water partition coefficient (Wildman–Crippen LogP) is 3.74. The van der Waals surface area contributed by atoms with Crippen LogP contribution in [0.3, 0.4) is 0 Å². The Hall–Kier alpha value is -2.89. The largest absolute Gasteiger partial charge is 0.484 e. The second kappa shape index (κ2) is 9.54. The minimum Gasteiger partial charge on any atom is -0.484 e. The maximum atomic E-state index is 12.6. The summed E-state index contributed by atoms with van der Waals surface area (Å²) in [5.74, 6) is 0.431. The van der Waals surface area contributed by atoms with Gasteiger partial charge in [-0.2, -0.15) is 0 Å². The first-order valence-electron chi connectivity index (χ1n) is 10.2. The molecule has 1 aliphatic rings. The Balaban J connectivity index is 1.53. The summed E-state index contributed by atoms with van der Waals surface area (Å²) in [6.45, 7) is 6.13. The van der Waals surface area contributed by atoms with Crippen LogP contribution in [0.5, 0.6) is 5.75 Å². The molecule has 0 spiro atoms. The molecule has 0 bridgehead atoms. The lowest BCUT2D eigenvalue weighted by molar-refractivity contribution is -0.139. The number of amides is 2. The molecule has 0 radical (unpaired) electrons. The first-order chi connectivity index (χ1) is 14.0. The van der Waals surface area contributed by atoms with Gasteiger partial charge in [0.25, 0.3) is 11.8 Å². The Morgan fingerprint density at radius 3 is 2.34 bits per heavy atom. The van der Waals surface area contributed by atoms with Crippen molar-refractivity contribution in [2.24, 2.45) is 0 Å². The normalized spacial score (nSPS) is 20.0. The fraction of sp³-hybridized carbons (Fsp3) is 0.435. The van der Waals surface area contributed by atoms with Crippen LogP contribution in [0.25, 0.3) is 0 Å². The van der Waals surface area contributed by atoms with Gasteiger partial charge in [-0.25, -0.2) is 0 Å². The zero-order valence-corrected chi connectivity index (χ0v) is 17.3. The number of benzene rings is 1. The van der Waals surface area contributed by atoms with Crippen molar-refractivity contribution >= 4 is 11.8 Å². The number of carbonyl (C=O) groups is 2. The van der Waals surface area contributed by atoms with Gasteiger partial charge >= 0.3 is 0 Å². The number of hydrogen-bond donors (Lipinski definition) is 1. The molecule has 2 aromatic rings. The summed E-state index contributed by atoms with van der Waals surface area (Å²) in [7, 11) is 0. The van der Waals surface area contributed by atoms with Crippen molar-refractivity contribution in [1.82, 2.24) is 15.2 Å². The van der Waals surface area contributed by atoms with Crippen molar-refractivity contribution in [3.8, 4) is 5.75 Å². The maximum absolute atomic E-state index is 12.6. The van der Waals surface area contributed by atoms with E-state index in [1.54, 1.807) is 36.7 Å². The number of aromatic nitrogens is 1.